The summed E-state index contributed by atoms with van der Waals surface area (Å²) in [5, 5.41) is 6.80. The first kappa shape index (κ1) is 17.4. The van der Waals surface area contributed by atoms with Crippen LogP contribution in [0.25, 0.3) is 10.9 Å². The molecule has 2 heterocycles. The summed E-state index contributed by atoms with van der Waals surface area (Å²) < 4.78 is 0. The van der Waals surface area contributed by atoms with Gasteiger partial charge in [-0.05, 0) is 31.2 Å². The number of rotatable bonds is 6. The number of aromatic nitrogens is 3. The molecule has 1 atom stereocenters. The zero-order valence-corrected chi connectivity index (χ0v) is 14.1. The molecular formula is C17H19N7O2. The first-order valence-corrected chi connectivity index (χ1v) is 7.99. The minimum atomic E-state index is -0.873. The van der Waals surface area contributed by atoms with E-state index in [1.54, 1.807) is 12.3 Å². The summed E-state index contributed by atoms with van der Waals surface area (Å²) in [6.07, 6.45) is 1.70. The molecule has 0 unspecified atom stereocenters. The first-order valence-electron chi connectivity index (χ1n) is 7.99. The van der Waals surface area contributed by atoms with Crippen LogP contribution in [-0.4, -0.2) is 33.4 Å². The van der Waals surface area contributed by atoms with E-state index in [0.29, 0.717) is 12.2 Å². The van der Waals surface area contributed by atoms with Crippen molar-refractivity contribution in [2.45, 2.75) is 13.0 Å². The Morgan fingerprint density at radius 3 is 2.88 bits per heavy atom. The van der Waals surface area contributed by atoms with Crippen LogP contribution in [0.15, 0.2) is 41.3 Å². The van der Waals surface area contributed by atoms with Crippen LogP contribution in [0.5, 0.6) is 0 Å². The number of hydrogen-bond donors (Lipinski definition) is 5. The van der Waals surface area contributed by atoms with Crippen molar-refractivity contribution in [2.24, 2.45) is 11.5 Å². The van der Waals surface area contributed by atoms with Crippen molar-refractivity contribution in [3.05, 3.63) is 52.4 Å². The molecule has 1 aromatic carbocycles. The largest absolute Gasteiger partial charge is 0.365 e. The molecule has 0 fully saturated rings. The van der Waals surface area contributed by atoms with Crippen LogP contribution in [0, 0.1) is 0 Å². The maximum atomic E-state index is 12.2. The number of primary amides is 1. The van der Waals surface area contributed by atoms with Crippen LogP contribution in [0.1, 0.15) is 17.3 Å². The van der Waals surface area contributed by atoms with Gasteiger partial charge in [0.05, 0.1) is 5.52 Å². The van der Waals surface area contributed by atoms with E-state index in [9.17, 15) is 9.59 Å². The molecule has 3 aromatic rings. The number of nitrogens with zero attached hydrogens (tertiary/aromatic N) is 2. The second kappa shape index (κ2) is 7.19. The van der Waals surface area contributed by atoms with Gasteiger partial charge in [-0.15, -0.1) is 0 Å². The highest BCUT2D eigenvalue weighted by molar-refractivity contribution is 5.98. The molecular weight excluding hydrogens is 334 g/mol. The molecule has 9 nitrogen and oxygen atoms in total. The third-order valence-corrected chi connectivity index (χ3v) is 3.62. The quantitative estimate of drug-likeness (QED) is 0.442. The van der Waals surface area contributed by atoms with Crippen molar-refractivity contribution in [3.63, 3.8) is 0 Å². The van der Waals surface area contributed by atoms with Gasteiger partial charge >= 0.3 is 0 Å². The number of nitrogens with one attached hydrogen (secondary N) is 3. The number of H-pyrrole nitrogens is 1. The van der Waals surface area contributed by atoms with Crippen LogP contribution in [0.4, 0.5) is 17.5 Å². The molecule has 1 amide bonds. The standard InChI is InChI=1S/C17H19N7O2/c1-9(18)8-21-17-23-15(13(14(19)25)16(26)24-17)22-11-4-5-12-10(7-11)3-2-6-20-12/h2-7,9H,8,18H2,1H3,(H2,19,25)(H3,21,22,23,24,26)/t9-/m0/s1. The lowest BCUT2D eigenvalue weighted by Crippen LogP contribution is -2.30. The van der Waals surface area contributed by atoms with Gasteiger partial charge in [0.15, 0.2) is 5.82 Å². The number of fused-ring (bicyclic) bond motifs is 1. The lowest BCUT2D eigenvalue weighted by Gasteiger charge is -2.13. The first-order chi connectivity index (χ1) is 12.4. The Morgan fingerprint density at radius 1 is 1.35 bits per heavy atom. The molecule has 0 bridgehead atoms. The van der Waals surface area contributed by atoms with E-state index in [0.717, 1.165) is 10.9 Å². The molecule has 134 valence electrons. The Bertz CT molecular complexity index is 1010. The van der Waals surface area contributed by atoms with Crippen molar-refractivity contribution in [1.82, 2.24) is 15.0 Å². The number of nitrogens with two attached hydrogens (primary N) is 2. The third-order valence-electron chi connectivity index (χ3n) is 3.62. The zero-order chi connectivity index (χ0) is 18.7. The number of anilines is 3. The second-order valence-electron chi connectivity index (χ2n) is 5.90. The van der Waals surface area contributed by atoms with Gasteiger partial charge < -0.3 is 22.1 Å². The highest BCUT2D eigenvalue weighted by Crippen LogP contribution is 2.21. The molecule has 0 spiro atoms. The fourth-order valence-corrected chi connectivity index (χ4v) is 2.42. The maximum absolute atomic E-state index is 12.2. The monoisotopic (exact) mass is 353 g/mol. The van der Waals surface area contributed by atoms with Crippen molar-refractivity contribution in [2.75, 3.05) is 17.2 Å². The topological polar surface area (TPSA) is 152 Å². The van der Waals surface area contributed by atoms with E-state index in [1.807, 2.05) is 31.2 Å². The van der Waals surface area contributed by atoms with Crippen LogP contribution in [-0.2, 0) is 0 Å². The highest BCUT2D eigenvalue weighted by atomic mass is 16.2. The molecule has 0 aliphatic carbocycles. The number of pyridine rings is 1. The van der Waals surface area contributed by atoms with Crippen molar-refractivity contribution < 1.29 is 4.79 Å². The average molecular weight is 353 g/mol. The van der Waals surface area contributed by atoms with Crippen LogP contribution < -0.4 is 27.7 Å². The summed E-state index contributed by atoms with van der Waals surface area (Å²) in [7, 11) is 0. The molecule has 0 aliphatic rings. The smallest absolute Gasteiger partial charge is 0.267 e. The molecule has 2 aromatic heterocycles. The Labute approximate surface area is 148 Å². The third kappa shape index (κ3) is 3.78. The highest BCUT2D eigenvalue weighted by Gasteiger charge is 2.17. The zero-order valence-electron chi connectivity index (χ0n) is 14.1. The lowest BCUT2D eigenvalue weighted by atomic mass is 10.2. The number of benzene rings is 1. The van der Waals surface area contributed by atoms with Gasteiger partial charge in [0.1, 0.15) is 5.56 Å². The van der Waals surface area contributed by atoms with Crippen molar-refractivity contribution in [3.8, 4) is 0 Å². The summed E-state index contributed by atoms with van der Waals surface area (Å²) in [5.41, 5.74) is 11.6. The lowest BCUT2D eigenvalue weighted by molar-refractivity contribution is 0.0999. The number of amides is 1. The number of aromatic amines is 1. The summed E-state index contributed by atoms with van der Waals surface area (Å²) in [4.78, 5) is 34.9. The molecule has 0 aliphatic heterocycles. The van der Waals surface area contributed by atoms with Gasteiger partial charge in [-0.1, -0.05) is 6.07 Å². The molecule has 0 saturated carbocycles. The van der Waals surface area contributed by atoms with E-state index >= 15 is 0 Å². The van der Waals surface area contributed by atoms with Gasteiger partial charge in [-0.2, -0.15) is 4.98 Å². The van der Waals surface area contributed by atoms with Crippen molar-refractivity contribution in [1.29, 1.82) is 0 Å². The summed E-state index contributed by atoms with van der Waals surface area (Å²) in [6, 6.07) is 9.03. The van der Waals surface area contributed by atoms with Crippen LogP contribution in [0.2, 0.25) is 0 Å². The molecule has 26 heavy (non-hydrogen) atoms. The van der Waals surface area contributed by atoms with Gasteiger partial charge in [0.2, 0.25) is 5.95 Å². The second-order valence-corrected chi connectivity index (χ2v) is 5.90. The molecule has 7 N–H and O–H groups in total. The van der Waals surface area contributed by atoms with Crippen molar-refractivity contribution >= 4 is 34.3 Å². The molecule has 3 rings (SSSR count). The molecule has 9 heteroatoms. The Morgan fingerprint density at radius 2 is 2.15 bits per heavy atom. The van der Waals surface area contributed by atoms with E-state index in [4.69, 9.17) is 11.5 Å². The average Bonchev–Trinajstić information content (AvgIpc) is 2.59. The van der Waals surface area contributed by atoms with Gasteiger partial charge in [0, 0.05) is 29.9 Å². The Kier molecular flexibility index (Phi) is 4.81. The maximum Gasteiger partial charge on any atom is 0.267 e. The predicted molar refractivity (Wildman–Crippen MR) is 101 cm³/mol. The van der Waals surface area contributed by atoms with E-state index in [1.165, 1.54) is 0 Å². The Balaban J connectivity index is 2.00. The van der Waals surface area contributed by atoms with Crippen LogP contribution >= 0.6 is 0 Å². The SMILES string of the molecule is C[C@H](N)CNc1nc(Nc2ccc3ncccc3c2)c(C(N)=O)c(=O)[nH]1. The Hall–Kier alpha value is -3.46. The fourth-order valence-electron chi connectivity index (χ4n) is 2.42. The normalized spacial score (nSPS) is 11.9. The summed E-state index contributed by atoms with van der Waals surface area (Å²) in [5.74, 6) is -0.610. The van der Waals surface area contributed by atoms with E-state index < -0.39 is 11.5 Å². The fraction of sp³-hybridized carbons (Fsp3) is 0.176. The number of hydrogen-bond acceptors (Lipinski definition) is 7. The van der Waals surface area contributed by atoms with Gasteiger partial charge in [-0.3, -0.25) is 19.6 Å². The minimum absolute atomic E-state index is 0.0664. The van der Waals surface area contributed by atoms with Gasteiger partial charge in [0.25, 0.3) is 11.5 Å². The number of carbonyl (C=O) groups is 1. The van der Waals surface area contributed by atoms with Gasteiger partial charge in [-0.25, -0.2) is 0 Å². The summed E-state index contributed by atoms with van der Waals surface area (Å²) >= 11 is 0. The summed E-state index contributed by atoms with van der Waals surface area (Å²) in [6.45, 7) is 2.21. The predicted octanol–water partition coefficient (Wildman–Crippen LogP) is 0.920. The van der Waals surface area contributed by atoms with E-state index in [2.05, 4.69) is 25.6 Å². The van der Waals surface area contributed by atoms with E-state index in [-0.39, 0.29) is 23.4 Å². The number of carbonyl (C=O) groups excluding carboxylic acids is 1. The van der Waals surface area contributed by atoms with Crippen LogP contribution in [0.3, 0.4) is 0 Å². The molecule has 0 radical (unpaired) electrons. The molecule has 0 saturated heterocycles. The minimum Gasteiger partial charge on any atom is -0.365 e.